The average Bonchev–Trinajstić information content (AvgIpc) is 3.24. The summed E-state index contributed by atoms with van der Waals surface area (Å²) in [5.74, 6) is 0.503. The van der Waals surface area contributed by atoms with Crippen molar-refractivity contribution in [2.45, 2.75) is 92.9 Å². The molecule has 0 aromatic rings. The summed E-state index contributed by atoms with van der Waals surface area (Å²) in [5.41, 5.74) is 0.374. The Bertz CT molecular complexity index is 587. The molecule has 27 heavy (non-hydrogen) atoms. The molecule has 0 radical (unpaired) electrons. The second kappa shape index (κ2) is 5.83. The fraction of sp³-hybridized carbons (Fsp3) is 0.917. The monoisotopic (exact) mass is 374 g/mol. The molecular weight excluding hydrogens is 336 g/mol. The molecule has 2 atom stereocenters. The zero-order chi connectivity index (χ0) is 19.8. The van der Waals surface area contributed by atoms with Crippen molar-refractivity contribution in [1.82, 2.24) is 0 Å². The summed E-state index contributed by atoms with van der Waals surface area (Å²) in [4.78, 5) is 26.1. The van der Waals surface area contributed by atoms with E-state index in [1.165, 1.54) is 25.7 Å². The van der Waals surface area contributed by atoms with Crippen LogP contribution in [0, 0.1) is 45.3 Å². The zero-order valence-corrected chi connectivity index (χ0v) is 18.2. The molecule has 0 aromatic carbocycles. The van der Waals surface area contributed by atoms with Gasteiger partial charge in [-0.2, -0.15) is 0 Å². The second-order valence-corrected chi connectivity index (χ2v) is 11.5. The molecule has 0 aliphatic heterocycles. The molecule has 0 spiro atoms. The van der Waals surface area contributed by atoms with Gasteiger partial charge in [0.1, 0.15) is 0 Å². The summed E-state index contributed by atoms with van der Waals surface area (Å²) in [7, 11) is 0. The number of esters is 2. The van der Waals surface area contributed by atoms with Crippen molar-refractivity contribution in [2.75, 3.05) is 0 Å². The third-order valence-corrected chi connectivity index (χ3v) is 10.9. The number of rotatable bonds is 4. The zero-order valence-electron chi connectivity index (χ0n) is 18.2. The van der Waals surface area contributed by atoms with Crippen molar-refractivity contribution in [3.8, 4) is 0 Å². The molecule has 3 heteroatoms. The predicted molar refractivity (Wildman–Crippen MR) is 106 cm³/mol. The van der Waals surface area contributed by atoms with E-state index in [1.807, 2.05) is 13.8 Å². The van der Waals surface area contributed by atoms with Gasteiger partial charge >= 0.3 is 11.9 Å². The summed E-state index contributed by atoms with van der Waals surface area (Å²) in [5, 5.41) is 0. The summed E-state index contributed by atoms with van der Waals surface area (Å²) in [6.07, 6.45) is 9.27. The van der Waals surface area contributed by atoms with Gasteiger partial charge in [0.15, 0.2) is 0 Å². The molecule has 4 fully saturated rings. The molecule has 4 aliphatic rings. The average molecular weight is 375 g/mol. The topological polar surface area (TPSA) is 43.4 Å². The lowest BCUT2D eigenvalue weighted by Crippen LogP contribution is -2.44. The van der Waals surface area contributed by atoms with Crippen LogP contribution in [-0.4, -0.2) is 11.9 Å². The van der Waals surface area contributed by atoms with Gasteiger partial charge in [-0.05, 0) is 84.9 Å². The SMILES string of the molecule is CC(C(=O)OC(=O)C(C)C12CCC(CC1)C2(C)C)C12CCC(CC1)C2(C)C. The molecule has 4 aliphatic carbocycles. The van der Waals surface area contributed by atoms with Crippen molar-refractivity contribution >= 4 is 11.9 Å². The molecule has 4 rings (SSSR count). The van der Waals surface area contributed by atoms with Crippen LogP contribution in [0.2, 0.25) is 0 Å². The lowest BCUT2D eigenvalue weighted by Gasteiger charge is -2.43. The normalized spacial score (nSPS) is 42.9. The number of hydrogen-bond donors (Lipinski definition) is 0. The molecule has 152 valence electrons. The van der Waals surface area contributed by atoms with Gasteiger partial charge in [-0.3, -0.25) is 9.59 Å². The van der Waals surface area contributed by atoms with Crippen molar-refractivity contribution < 1.29 is 14.3 Å². The predicted octanol–water partition coefficient (Wildman–Crippen LogP) is 5.76. The molecular formula is C24H38O3. The van der Waals surface area contributed by atoms with Crippen LogP contribution in [-0.2, 0) is 14.3 Å². The molecule has 3 nitrogen and oxygen atoms in total. The highest BCUT2D eigenvalue weighted by Gasteiger charge is 2.64. The molecule has 0 aromatic heterocycles. The Kier molecular flexibility index (Phi) is 4.20. The van der Waals surface area contributed by atoms with E-state index in [9.17, 15) is 9.59 Å². The number of fused-ring (bicyclic) bond motifs is 4. The van der Waals surface area contributed by atoms with Crippen LogP contribution in [0.1, 0.15) is 92.9 Å². The Morgan fingerprint density at radius 1 is 0.704 bits per heavy atom. The minimum Gasteiger partial charge on any atom is -0.393 e. The maximum atomic E-state index is 13.1. The van der Waals surface area contributed by atoms with Gasteiger partial charge in [0.2, 0.25) is 0 Å². The van der Waals surface area contributed by atoms with Crippen LogP contribution in [0.15, 0.2) is 0 Å². The van der Waals surface area contributed by atoms with E-state index in [0.717, 1.165) is 37.5 Å². The number of ether oxygens (including phenoxy) is 1. The van der Waals surface area contributed by atoms with Crippen molar-refractivity contribution in [1.29, 1.82) is 0 Å². The first kappa shape index (κ1) is 19.5. The lowest BCUT2D eigenvalue weighted by atomic mass is 9.62. The third-order valence-electron chi connectivity index (χ3n) is 10.9. The Balaban J connectivity index is 1.48. The molecule has 4 bridgehead atoms. The Hall–Kier alpha value is -0.860. The van der Waals surface area contributed by atoms with Crippen LogP contribution in [0.5, 0.6) is 0 Å². The number of carbonyl (C=O) groups is 2. The fourth-order valence-electron chi connectivity index (χ4n) is 8.52. The van der Waals surface area contributed by atoms with E-state index in [1.54, 1.807) is 0 Å². The van der Waals surface area contributed by atoms with Crippen molar-refractivity contribution in [2.24, 2.45) is 45.3 Å². The Morgan fingerprint density at radius 3 is 1.22 bits per heavy atom. The van der Waals surface area contributed by atoms with Gasteiger partial charge in [-0.25, -0.2) is 0 Å². The van der Waals surface area contributed by atoms with E-state index in [-0.39, 0.29) is 45.4 Å². The first-order valence-electron chi connectivity index (χ1n) is 11.3. The van der Waals surface area contributed by atoms with Crippen LogP contribution in [0.3, 0.4) is 0 Å². The van der Waals surface area contributed by atoms with Crippen LogP contribution < -0.4 is 0 Å². The van der Waals surface area contributed by atoms with Gasteiger partial charge in [0.05, 0.1) is 11.8 Å². The van der Waals surface area contributed by atoms with Gasteiger partial charge in [-0.1, -0.05) is 41.5 Å². The molecule has 4 saturated carbocycles. The van der Waals surface area contributed by atoms with Gasteiger partial charge in [0, 0.05) is 0 Å². The quantitative estimate of drug-likeness (QED) is 0.464. The standard InChI is InChI=1S/C24H38O3/c1-15(23-11-7-17(8-12-23)21(23,3)4)19(25)27-20(26)16(2)24-13-9-18(10-14-24)22(24,5)6/h15-18H,7-14H2,1-6H3. The van der Waals surface area contributed by atoms with Crippen molar-refractivity contribution in [3.05, 3.63) is 0 Å². The van der Waals surface area contributed by atoms with Crippen LogP contribution in [0.25, 0.3) is 0 Å². The van der Waals surface area contributed by atoms with Gasteiger partial charge < -0.3 is 4.74 Å². The summed E-state index contributed by atoms with van der Waals surface area (Å²) < 4.78 is 5.60. The van der Waals surface area contributed by atoms with E-state index in [0.29, 0.717) is 0 Å². The lowest BCUT2D eigenvalue weighted by molar-refractivity contribution is -0.173. The van der Waals surface area contributed by atoms with E-state index < -0.39 is 0 Å². The van der Waals surface area contributed by atoms with Gasteiger partial charge in [-0.15, -0.1) is 0 Å². The summed E-state index contributed by atoms with van der Waals surface area (Å²) in [6, 6.07) is 0. The Morgan fingerprint density at radius 2 is 1.00 bits per heavy atom. The number of carbonyl (C=O) groups excluding carboxylic acids is 2. The largest absolute Gasteiger partial charge is 0.393 e. The fourth-order valence-corrected chi connectivity index (χ4v) is 8.52. The van der Waals surface area contributed by atoms with E-state index in [2.05, 4.69) is 27.7 Å². The minimum atomic E-state index is -0.274. The summed E-state index contributed by atoms with van der Waals surface area (Å²) >= 11 is 0. The second-order valence-electron chi connectivity index (χ2n) is 11.5. The Labute approximate surface area is 165 Å². The van der Waals surface area contributed by atoms with E-state index >= 15 is 0 Å². The van der Waals surface area contributed by atoms with Crippen LogP contribution in [0.4, 0.5) is 0 Å². The first-order chi connectivity index (χ1) is 12.5. The van der Waals surface area contributed by atoms with Crippen LogP contribution >= 0.6 is 0 Å². The smallest absolute Gasteiger partial charge is 0.316 e. The van der Waals surface area contributed by atoms with E-state index in [4.69, 9.17) is 4.74 Å². The summed E-state index contributed by atoms with van der Waals surface area (Å²) in [6.45, 7) is 13.3. The van der Waals surface area contributed by atoms with Gasteiger partial charge in [0.25, 0.3) is 0 Å². The molecule has 0 amide bonds. The molecule has 0 heterocycles. The highest BCUT2D eigenvalue weighted by molar-refractivity contribution is 5.88. The maximum absolute atomic E-state index is 13.1. The number of hydrogen-bond acceptors (Lipinski definition) is 3. The maximum Gasteiger partial charge on any atom is 0.316 e. The minimum absolute atomic E-state index is 0.0155. The third kappa shape index (κ3) is 2.26. The molecule has 0 N–H and O–H groups in total. The highest BCUT2D eigenvalue weighted by Crippen LogP contribution is 2.70. The molecule has 0 saturated heterocycles. The van der Waals surface area contributed by atoms with Crippen molar-refractivity contribution in [3.63, 3.8) is 0 Å². The highest BCUT2D eigenvalue weighted by atomic mass is 16.6. The first-order valence-corrected chi connectivity index (χ1v) is 11.3. The molecule has 2 unspecified atom stereocenters.